The molecule has 0 fully saturated rings. The summed E-state index contributed by atoms with van der Waals surface area (Å²) >= 11 is 1.37. The lowest BCUT2D eigenvalue weighted by Crippen LogP contribution is -2.52. The second kappa shape index (κ2) is 13.3. The molecule has 1 aromatic carbocycles. The molecule has 3 atom stereocenters. The van der Waals surface area contributed by atoms with Crippen molar-refractivity contribution < 1.29 is 19.6 Å². The predicted octanol–water partition coefficient (Wildman–Crippen LogP) is 4.76. The number of nitrogens with one attached hydrogen (secondary N) is 2. The molecule has 1 heterocycles. The maximum absolute atomic E-state index is 14.4. The van der Waals surface area contributed by atoms with Crippen molar-refractivity contribution in [1.29, 1.82) is 0 Å². The van der Waals surface area contributed by atoms with Crippen molar-refractivity contribution >= 4 is 35.0 Å². The average molecular weight is 500 g/mol. The van der Waals surface area contributed by atoms with Crippen LogP contribution in [0.3, 0.4) is 0 Å². The van der Waals surface area contributed by atoms with Gasteiger partial charge in [0, 0.05) is 4.88 Å². The van der Waals surface area contributed by atoms with Gasteiger partial charge in [0.1, 0.15) is 5.41 Å². The molecule has 7 nitrogen and oxygen atoms in total. The number of hydrazine groups is 1. The SMILES string of the molecule is CCCC(CC(C)C)(C(=O)NN)C(=O)[C@H](c1cc(C)cs1)[C@H](C/C=C/c1ccccc1)C(=O)NO. The van der Waals surface area contributed by atoms with Crippen molar-refractivity contribution in [3.8, 4) is 0 Å². The minimum Gasteiger partial charge on any atom is -0.298 e. The highest BCUT2D eigenvalue weighted by Crippen LogP contribution is 2.43. The summed E-state index contributed by atoms with van der Waals surface area (Å²) in [5.74, 6) is 2.21. The number of allylic oxidation sites excluding steroid dienone is 1. The Kier molecular flexibility index (Phi) is 10.8. The zero-order valence-electron chi connectivity index (χ0n) is 20.9. The van der Waals surface area contributed by atoms with Gasteiger partial charge in [-0.1, -0.05) is 69.7 Å². The van der Waals surface area contributed by atoms with E-state index in [2.05, 4.69) is 5.43 Å². The second-order valence-corrected chi connectivity index (χ2v) is 10.3. The predicted molar refractivity (Wildman–Crippen MR) is 139 cm³/mol. The highest BCUT2D eigenvalue weighted by atomic mass is 32.1. The number of carbonyl (C=O) groups is 3. The van der Waals surface area contributed by atoms with E-state index in [1.165, 1.54) is 11.3 Å². The maximum atomic E-state index is 14.4. The minimum atomic E-state index is -1.39. The number of carbonyl (C=O) groups excluding carboxylic acids is 3. The van der Waals surface area contributed by atoms with Crippen LogP contribution in [0, 0.1) is 24.2 Å². The van der Waals surface area contributed by atoms with E-state index in [4.69, 9.17) is 5.84 Å². The monoisotopic (exact) mass is 499 g/mol. The van der Waals surface area contributed by atoms with Gasteiger partial charge in [0.25, 0.3) is 0 Å². The highest BCUT2D eigenvalue weighted by molar-refractivity contribution is 7.10. The molecule has 2 amide bonds. The molecule has 190 valence electrons. The van der Waals surface area contributed by atoms with Crippen LogP contribution in [0.1, 0.15) is 68.4 Å². The smallest absolute Gasteiger partial charge is 0.247 e. The van der Waals surface area contributed by atoms with Crippen LogP contribution in [-0.4, -0.2) is 22.8 Å². The normalized spacial score (nSPS) is 14.9. The van der Waals surface area contributed by atoms with Gasteiger partial charge < -0.3 is 0 Å². The molecule has 0 bridgehead atoms. The molecule has 0 radical (unpaired) electrons. The third kappa shape index (κ3) is 7.10. The summed E-state index contributed by atoms with van der Waals surface area (Å²) < 4.78 is 0. The Balaban J connectivity index is 2.62. The first-order chi connectivity index (χ1) is 16.7. The van der Waals surface area contributed by atoms with E-state index in [1.54, 1.807) is 5.48 Å². The second-order valence-electron chi connectivity index (χ2n) is 9.40. The fourth-order valence-corrected chi connectivity index (χ4v) is 5.78. The maximum Gasteiger partial charge on any atom is 0.247 e. The van der Waals surface area contributed by atoms with E-state index in [1.807, 2.05) is 81.6 Å². The Bertz CT molecular complexity index is 1020. The van der Waals surface area contributed by atoms with Crippen molar-refractivity contribution in [3.63, 3.8) is 0 Å². The van der Waals surface area contributed by atoms with Crippen LogP contribution in [0.25, 0.3) is 6.08 Å². The fourth-order valence-electron chi connectivity index (χ4n) is 4.72. The summed E-state index contributed by atoms with van der Waals surface area (Å²) in [5, 5.41) is 11.5. The van der Waals surface area contributed by atoms with Crippen molar-refractivity contribution in [2.45, 2.75) is 59.3 Å². The number of amides is 2. The molecule has 0 aliphatic carbocycles. The molecule has 2 aromatic rings. The summed E-state index contributed by atoms with van der Waals surface area (Å²) in [6.45, 7) is 7.73. The number of ketones is 1. The molecule has 8 heteroatoms. The van der Waals surface area contributed by atoms with E-state index >= 15 is 0 Å². The number of aryl methyl sites for hydroxylation is 1. The van der Waals surface area contributed by atoms with Gasteiger partial charge in [-0.25, -0.2) is 11.3 Å². The Labute approximate surface area is 211 Å². The topological polar surface area (TPSA) is 122 Å². The first-order valence-electron chi connectivity index (χ1n) is 12.0. The standard InChI is InChI=1S/C27H37N3O4S/c1-5-14-27(16-18(2)3,26(33)29-28)24(31)23(22-15-19(4)17-35-22)21(25(32)30-34)13-9-12-20-10-7-6-8-11-20/h6-12,15,17-18,21,23,34H,5,13-14,16,28H2,1-4H3,(H,29,33)(H,30,32)/b12-9+/t21-,23-,27?/m0/s1. The molecular weight excluding hydrogens is 462 g/mol. The lowest BCUT2D eigenvalue weighted by Gasteiger charge is -2.36. The van der Waals surface area contributed by atoms with E-state index in [-0.39, 0.29) is 18.1 Å². The number of nitrogens with two attached hydrogens (primary N) is 1. The summed E-state index contributed by atoms with van der Waals surface area (Å²) in [7, 11) is 0. The van der Waals surface area contributed by atoms with E-state index in [0.717, 1.165) is 11.1 Å². The molecular formula is C27H37N3O4S. The molecule has 0 spiro atoms. The number of hydrogen-bond acceptors (Lipinski definition) is 6. The van der Waals surface area contributed by atoms with E-state index in [0.29, 0.717) is 24.1 Å². The molecule has 0 saturated heterocycles. The number of hydrogen-bond donors (Lipinski definition) is 4. The van der Waals surface area contributed by atoms with Gasteiger partial charge in [0.2, 0.25) is 11.8 Å². The summed E-state index contributed by atoms with van der Waals surface area (Å²) in [6.07, 6.45) is 5.09. The van der Waals surface area contributed by atoms with E-state index in [9.17, 15) is 19.6 Å². The summed E-state index contributed by atoms with van der Waals surface area (Å²) in [5.41, 5.74) is 4.48. The van der Waals surface area contributed by atoms with Gasteiger partial charge in [-0.05, 0) is 54.7 Å². The first kappa shape index (κ1) is 28.4. The molecule has 1 aromatic heterocycles. The van der Waals surface area contributed by atoms with Crippen LogP contribution in [-0.2, 0) is 14.4 Å². The number of hydroxylamine groups is 1. The van der Waals surface area contributed by atoms with Gasteiger partial charge in [-0.2, -0.15) is 0 Å². The van der Waals surface area contributed by atoms with Gasteiger partial charge in [0.05, 0.1) is 11.8 Å². The Morgan fingerprint density at radius 2 is 1.89 bits per heavy atom. The minimum absolute atomic E-state index is 0.0385. The van der Waals surface area contributed by atoms with Gasteiger partial charge in [-0.3, -0.25) is 25.0 Å². The lowest BCUT2D eigenvalue weighted by molar-refractivity contribution is -0.148. The van der Waals surface area contributed by atoms with Crippen LogP contribution in [0.15, 0.2) is 47.9 Å². The van der Waals surface area contributed by atoms with Crippen molar-refractivity contribution in [2.75, 3.05) is 0 Å². The Hall–Kier alpha value is -2.81. The number of rotatable bonds is 13. The van der Waals surface area contributed by atoms with Gasteiger partial charge >= 0.3 is 0 Å². The van der Waals surface area contributed by atoms with Crippen LogP contribution < -0.4 is 16.7 Å². The van der Waals surface area contributed by atoms with Crippen molar-refractivity contribution in [1.82, 2.24) is 10.9 Å². The largest absolute Gasteiger partial charge is 0.298 e. The summed E-state index contributed by atoms with van der Waals surface area (Å²) in [6, 6.07) is 11.5. The molecule has 1 unspecified atom stereocenters. The molecule has 2 rings (SSSR count). The van der Waals surface area contributed by atoms with Crippen LogP contribution in [0.2, 0.25) is 0 Å². The molecule has 0 aliphatic heterocycles. The number of benzene rings is 1. The van der Waals surface area contributed by atoms with Gasteiger partial charge in [-0.15, -0.1) is 11.3 Å². The molecule has 5 N–H and O–H groups in total. The van der Waals surface area contributed by atoms with Crippen LogP contribution in [0.5, 0.6) is 0 Å². The number of Topliss-reactive ketones (excluding diaryl/α,β-unsaturated/α-hetero) is 1. The Morgan fingerprint density at radius 3 is 2.40 bits per heavy atom. The number of thiophene rings is 1. The summed E-state index contributed by atoms with van der Waals surface area (Å²) in [4.78, 5) is 41.2. The highest BCUT2D eigenvalue weighted by Gasteiger charge is 2.51. The Morgan fingerprint density at radius 1 is 1.20 bits per heavy atom. The van der Waals surface area contributed by atoms with E-state index < -0.39 is 29.1 Å². The third-order valence-corrected chi connectivity index (χ3v) is 7.29. The zero-order chi connectivity index (χ0) is 26.0. The van der Waals surface area contributed by atoms with Crippen molar-refractivity contribution in [3.05, 3.63) is 63.9 Å². The fraction of sp³-hybridized carbons (Fsp3) is 0.444. The van der Waals surface area contributed by atoms with Crippen LogP contribution >= 0.6 is 11.3 Å². The third-order valence-electron chi connectivity index (χ3n) is 6.16. The first-order valence-corrected chi connectivity index (χ1v) is 12.8. The van der Waals surface area contributed by atoms with Gasteiger partial charge in [0.15, 0.2) is 5.78 Å². The lowest BCUT2D eigenvalue weighted by atomic mass is 9.66. The molecule has 0 saturated carbocycles. The van der Waals surface area contributed by atoms with Crippen molar-refractivity contribution in [2.24, 2.45) is 23.1 Å². The average Bonchev–Trinajstić information content (AvgIpc) is 3.27. The zero-order valence-corrected chi connectivity index (χ0v) is 21.7. The molecule has 35 heavy (non-hydrogen) atoms. The van der Waals surface area contributed by atoms with Crippen LogP contribution in [0.4, 0.5) is 0 Å². The molecule has 0 aliphatic rings. The quantitative estimate of drug-likeness (QED) is 0.104.